The maximum Gasteiger partial charge on any atom is 0.124 e. The van der Waals surface area contributed by atoms with E-state index in [1.54, 1.807) is 0 Å². The number of nitrogen functional groups attached to an aromatic ring is 1. The standard InChI is InChI=1S/C17H22N4/c18-17-7-3-6-16(20-17)15-5-2-1-4-14(15)8-11-21-12-9-19-10-13-21/h1-7,19H,8-13H2,(H2,18,20). The number of aromatic nitrogens is 1. The summed E-state index contributed by atoms with van der Waals surface area (Å²) in [4.78, 5) is 6.97. The lowest BCUT2D eigenvalue weighted by atomic mass is 10.0. The van der Waals surface area contributed by atoms with Crippen LogP contribution in [0.25, 0.3) is 11.3 Å². The first kappa shape index (κ1) is 14.0. The van der Waals surface area contributed by atoms with Crippen LogP contribution >= 0.6 is 0 Å². The Morgan fingerprint density at radius 3 is 2.67 bits per heavy atom. The van der Waals surface area contributed by atoms with Gasteiger partial charge in [0.25, 0.3) is 0 Å². The summed E-state index contributed by atoms with van der Waals surface area (Å²) in [5.74, 6) is 0.574. The Kier molecular flexibility index (Phi) is 4.48. The van der Waals surface area contributed by atoms with Crippen LogP contribution in [-0.2, 0) is 6.42 Å². The van der Waals surface area contributed by atoms with Crippen molar-refractivity contribution in [2.24, 2.45) is 0 Å². The zero-order valence-electron chi connectivity index (χ0n) is 12.3. The molecule has 0 atom stereocenters. The summed E-state index contributed by atoms with van der Waals surface area (Å²) in [5.41, 5.74) is 9.31. The minimum absolute atomic E-state index is 0.574. The second kappa shape index (κ2) is 6.70. The van der Waals surface area contributed by atoms with Crippen LogP contribution in [0.15, 0.2) is 42.5 Å². The minimum Gasteiger partial charge on any atom is -0.384 e. The Morgan fingerprint density at radius 2 is 1.86 bits per heavy atom. The molecule has 0 spiro atoms. The van der Waals surface area contributed by atoms with Gasteiger partial charge in [0.05, 0.1) is 5.69 Å². The van der Waals surface area contributed by atoms with Gasteiger partial charge < -0.3 is 16.0 Å². The van der Waals surface area contributed by atoms with Gasteiger partial charge in [-0.1, -0.05) is 30.3 Å². The second-order valence-electron chi connectivity index (χ2n) is 5.45. The van der Waals surface area contributed by atoms with Crippen LogP contribution < -0.4 is 11.1 Å². The Hall–Kier alpha value is -1.91. The van der Waals surface area contributed by atoms with E-state index in [4.69, 9.17) is 5.73 Å². The maximum atomic E-state index is 5.81. The summed E-state index contributed by atoms with van der Waals surface area (Å²) in [6.45, 7) is 5.56. The van der Waals surface area contributed by atoms with Crippen molar-refractivity contribution >= 4 is 5.82 Å². The molecule has 1 aliphatic rings. The molecular formula is C17H22N4. The number of piperazine rings is 1. The smallest absolute Gasteiger partial charge is 0.124 e. The number of hydrogen-bond acceptors (Lipinski definition) is 4. The molecule has 4 nitrogen and oxygen atoms in total. The molecule has 3 rings (SSSR count). The highest BCUT2D eigenvalue weighted by molar-refractivity contribution is 5.65. The predicted molar refractivity (Wildman–Crippen MR) is 87.1 cm³/mol. The van der Waals surface area contributed by atoms with Gasteiger partial charge in [-0.3, -0.25) is 0 Å². The number of nitrogens with zero attached hydrogens (tertiary/aromatic N) is 2. The Bertz CT molecular complexity index is 591. The SMILES string of the molecule is Nc1cccc(-c2ccccc2CCN2CCNCC2)n1. The molecule has 3 N–H and O–H groups in total. The first-order valence-electron chi connectivity index (χ1n) is 7.57. The minimum atomic E-state index is 0.574. The van der Waals surface area contributed by atoms with Crippen molar-refractivity contribution in [3.63, 3.8) is 0 Å². The van der Waals surface area contributed by atoms with Gasteiger partial charge in [0.1, 0.15) is 5.82 Å². The first-order valence-corrected chi connectivity index (χ1v) is 7.57. The fourth-order valence-electron chi connectivity index (χ4n) is 2.80. The number of anilines is 1. The summed E-state index contributed by atoms with van der Waals surface area (Å²) in [6.07, 6.45) is 1.05. The van der Waals surface area contributed by atoms with Gasteiger partial charge >= 0.3 is 0 Å². The van der Waals surface area contributed by atoms with E-state index in [0.717, 1.165) is 44.8 Å². The quantitative estimate of drug-likeness (QED) is 0.897. The molecule has 1 aromatic heterocycles. The Morgan fingerprint density at radius 1 is 1.05 bits per heavy atom. The zero-order chi connectivity index (χ0) is 14.5. The summed E-state index contributed by atoms with van der Waals surface area (Å²) < 4.78 is 0. The molecule has 0 aliphatic carbocycles. The molecule has 0 amide bonds. The topological polar surface area (TPSA) is 54.2 Å². The number of pyridine rings is 1. The van der Waals surface area contributed by atoms with Crippen molar-refractivity contribution in [1.29, 1.82) is 0 Å². The Labute approximate surface area is 126 Å². The third kappa shape index (κ3) is 3.60. The van der Waals surface area contributed by atoms with Crippen LogP contribution in [0, 0.1) is 0 Å². The Balaban J connectivity index is 1.76. The fourth-order valence-corrected chi connectivity index (χ4v) is 2.80. The van der Waals surface area contributed by atoms with Gasteiger partial charge in [0.2, 0.25) is 0 Å². The van der Waals surface area contributed by atoms with Gasteiger partial charge in [-0.15, -0.1) is 0 Å². The molecule has 2 heterocycles. The van der Waals surface area contributed by atoms with Gasteiger partial charge in [0, 0.05) is 38.3 Å². The van der Waals surface area contributed by atoms with E-state index in [-0.39, 0.29) is 0 Å². The van der Waals surface area contributed by atoms with E-state index in [2.05, 4.69) is 39.5 Å². The molecular weight excluding hydrogens is 260 g/mol. The number of nitrogens with one attached hydrogen (secondary N) is 1. The van der Waals surface area contributed by atoms with E-state index >= 15 is 0 Å². The summed E-state index contributed by atoms with van der Waals surface area (Å²) in [6, 6.07) is 14.3. The van der Waals surface area contributed by atoms with Crippen LogP contribution in [0.5, 0.6) is 0 Å². The number of hydrogen-bond donors (Lipinski definition) is 2. The molecule has 0 radical (unpaired) electrons. The molecule has 1 saturated heterocycles. The molecule has 0 unspecified atom stereocenters. The lowest BCUT2D eigenvalue weighted by molar-refractivity contribution is 0.244. The van der Waals surface area contributed by atoms with E-state index in [9.17, 15) is 0 Å². The number of benzene rings is 1. The largest absolute Gasteiger partial charge is 0.384 e. The van der Waals surface area contributed by atoms with Crippen molar-refractivity contribution in [2.45, 2.75) is 6.42 Å². The van der Waals surface area contributed by atoms with Crippen LogP contribution in [0.2, 0.25) is 0 Å². The average molecular weight is 282 g/mol. The molecule has 110 valence electrons. The lowest BCUT2D eigenvalue weighted by Gasteiger charge is -2.27. The first-order chi connectivity index (χ1) is 10.3. The highest BCUT2D eigenvalue weighted by Crippen LogP contribution is 2.23. The van der Waals surface area contributed by atoms with Crippen LogP contribution in [-0.4, -0.2) is 42.6 Å². The molecule has 4 heteroatoms. The fraction of sp³-hybridized carbons (Fsp3) is 0.353. The number of rotatable bonds is 4. The maximum absolute atomic E-state index is 5.81. The van der Waals surface area contributed by atoms with Crippen molar-refractivity contribution in [3.8, 4) is 11.3 Å². The van der Waals surface area contributed by atoms with Crippen LogP contribution in [0.4, 0.5) is 5.82 Å². The number of nitrogens with two attached hydrogens (primary N) is 1. The van der Waals surface area contributed by atoms with Gasteiger partial charge in [0.15, 0.2) is 0 Å². The van der Waals surface area contributed by atoms with E-state index in [1.807, 2.05) is 18.2 Å². The average Bonchev–Trinajstić information content (AvgIpc) is 2.54. The van der Waals surface area contributed by atoms with Crippen LogP contribution in [0.1, 0.15) is 5.56 Å². The zero-order valence-corrected chi connectivity index (χ0v) is 12.3. The van der Waals surface area contributed by atoms with Crippen molar-refractivity contribution in [2.75, 3.05) is 38.5 Å². The van der Waals surface area contributed by atoms with Gasteiger partial charge in [-0.2, -0.15) is 0 Å². The molecule has 1 aliphatic heterocycles. The highest BCUT2D eigenvalue weighted by Gasteiger charge is 2.11. The molecule has 0 saturated carbocycles. The summed E-state index contributed by atoms with van der Waals surface area (Å²) in [7, 11) is 0. The van der Waals surface area contributed by atoms with Crippen molar-refractivity contribution < 1.29 is 0 Å². The third-order valence-corrected chi connectivity index (χ3v) is 3.97. The molecule has 2 aromatic rings. The van der Waals surface area contributed by atoms with Crippen molar-refractivity contribution in [3.05, 3.63) is 48.0 Å². The van der Waals surface area contributed by atoms with Gasteiger partial charge in [-0.25, -0.2) is 4.98 Å². The predicted octanol–water partition coefficient (Wildman–Crippen LogP) is 1.78. The van der Waals surface area contributed by atoms with E-state index in [1.165, 1.54) is 11.1 Å². The van der Waals surface area contributed by atoms with Crippen LogP contribution in [0.3, 0.4) is 0 Å². The van der Waals surface area contributed by atoms with E-state index in [0.29, 0.717) is 5.82 Å². The molecule has 1 fully saturated rings. The molecule has 1 aromatic carbocycles. The van der Waals surface area contributed by atoms with Crippen molar-refractivity contribution in [1.82, 2.24) is 15.2 Å². The normalized spacial score (nSPS) is 16.0. The third-order valence-electron chi connectivity index (χ3n) is 3.97. The molecule has 0 bridgehead atoms. The monoisotopic (exact) mass is 282 g/mol. The summed E-state index contributed by atoms with van der Waals surface area (Å²) >= 11 is 0. The molecule has 21 heavy (non-hydrogen) atoms. The second-order valence-corrected chi connectivity index (χ2v) is 5.45. The van der Waals surface area contributed by atoms with E-state index < -0.39 is 0 Å². The summed E-state index contributed by atoms with van der Waals surface area (Å²) in [5, 5.41) is 3.39. The highest BCUT2D eigenvalue weighted by atomic mass is 15.2. The van der Waals surface area contributed by atoms with Gasteiger partial charge in [-0.05, 0) is 24.1 Å². The lowest BCUT2D eigenvalue weighted by Crippen LogP contribution is -2.44.